The SMILES string of the molecule is CCOC1(C(NC)C2=CCCCC2)CCCCCC1. The van der Waals surface area contributed by atoms with Crippen LogP contribution in [-0.2, 0) is 4.74 Å². The Bertz CT molecular complexity index is 290. The van der Waals surface area contributed by atoms with E-state index >= 15 is 0 Å². The zero-order valence-corrected chi connectivity index (χ0v) is 12.8. The molecule has 2 aliphatic rings. The number of hydrogen-bond donors (Lipinski definition) is 1. The molecule has 2 nitrogen and oxygen atoms in total. The maximum absolute atomic E-state index is 6.35. The molecule has 0 aromatic rings. The lowest BCUT2D eigenvalue weighted by molar-refractivity contribution is -0.0680. The van der Waals surface area contributed by atoms with E-state index in [0.717, 1.165) is 6.61 Å². The number of rotatable bonds is 5. The first kappa shape index (κ1) is 15.1. The molecule has 0 aromatic heterocycles. The van der Waals surface area contributed by atoms with Crippen molar-refractivity contribution in [3.05, 3.63) is 11.6 Å². The van der Waals surface area contributed by atoms with Crippen molar-refractivity contribution in [1.29, 1.82) is 0 Å². The molecule has 1 N–H and O–H groups in total. The quantitative estimate of drug-likeness (QED) is 0.594. The topological polar surface area (TPSA) is 21.3 Å². The van der Waals surface area contributed by atoms with Gasteiger partial charge < -0.3 is 10.1 Å². The fourth-order valence-corrected chi connectivity index (χ4v) is 4.04. The maximum Gasteiger partial charge on any atom is 0.0872 e. The molecule has 0 bridgehead atoms. The van der Waals surface area contributed by atoms with E-state index in [2.05, 4.69) is 25.4 Å². The first-order chi connectivity index (χ1) is 9.32. The summed E-state index contributed by atoms with van der Waals surface area (Å²) in [5.41, 5.74) is 1.67. The van der Waals surface area contributed by atoms with Crippen molar-refractivity contribution in [2.45, 2.75) is 82.8 Å². The summed E-state index contributed by atoms with van der Waals surface area (Å²) in [5.74, 6) is 0. The largest absolute Gasteiger partial charge is 0.373 e. The summed E-state index contributed by atoms with van der Waals surface area (Å²) in [5, 5.41) is 3.60. The molecule has 2 aliphatic carbocycles. The van der Waals surface area contributed by atoms with Gasteiger partial charge in [-0.25, -0.2) is 0 Å². The Labute approximate surface area is 119 Å². The van der Waals surface area contributed by atoms with E-state index in [-0.39, 0.29) is 5.60 Å². The summed E-state index contributed by atoms with van der Waals surface area (Å²) in [6, 6.07) is 0.436. The standard InChI is InChI=1S/C17H31NO/c1-3-19-17(13-9-4-5-10-14-17)16(18-2)15-11-7-6-8-12-15/h11,16,18H,3-10,12-14H2,1-2H3. The second kappa shape index (κ2) is 7.44. The molecule has 0 heterocycles. The molecule has 1 unspecified atom stereocenters. The molecule has 1 atom stereocenters. The molecule has 1 fully saturated rings. The molecule has 0 aromatic carbocycles. The van der Waals surface area contributed by atoms with Gasteiger partial charge in [-0.15, -0.1) is 0 Å². The third-order valence-corrected chi connectivity index (χ3v) is 4.89. The number of hydrogen-bond acceptors (Lipinski definition) is 2. The van der Waals surface area contributed by atoms with Gasteiger partial charge in [0, 0.05) is 6.61 Å². The number of ether oxygens (including phenoxy) is 1. The molecule has 19 heavy (non-hydrogen) atoms. The average molecular weight is 265 g/mol. The zero-order chi connectivity index (χ0) is 13.6. The van der Waals surface area contributed by atoms with E-state index in [1.54, 1.807) is 5.57 Å². The van der Waals surface area contributed by atoms with E-state index in [1.807, 2.05) is 0 Å². The highest BCUT2D eigenvalue weighted by atomic mass is 16.5. The van der Waals surface area contributed by atoms with E-state index in [1.165, 1.54) is 64.2 Å². The minimum Gasteiger partial charge on any atom is -0.373 e. The Morgan fingerprint density at radius 3 is 2.42 bits per heavy atom. The Morgan fingerprint density at radius 1 is 1.16 bits per heavy atom. The van der Waals surface area contributed by atoms with Crippen LogP contribution in [0.25, 0.3) is 0 Å². The highest BCUT2D eigenvalue weighted by molar-refractivity contribution is 5.19. The van der Waals surface area contributed by atoms with Gasteiger partial charge in [0.25, 0.3) is 0 Å². The predicted molar refractivity (Wildman–Crippen MR) is 81.5 cm³/mol. The fraction of sp³-hybridized carbons (Fsp3) is 0.882. The smallest absolute Gasteiger partial charge is 0.0872 e. The second-order valence-electron chi connectivity index (χ2n) is 6.16. The van der Waals surface area contributed by atoms with Crippen molar-refractivity contribution in [3.63, 3.8) is 0 Å². The third-order valence-electron chi connectivity index (χ3n) is 4.89. The zero-order valence-electron chi connectivity index (χ0n) is 12.8. The second-order valence-corrected chi connectivity index (χ2v) is 6.16. The lowest BCUT2D eigenvalue weighted by atomic mass is 9.79. The van der Waals surface area contributed by atoms with E-state index < -0.39 is 0 Å². The highest BCUT2D eigenvalue weighted by Crippen LogP contribution is 2.38. The maximum atomic E-state index is 6.35. The van der Waals surface area contributed by atoms with Gasteiger partial charge in [-0.2, -0.15) is 0 Å². The van der Waals surface area contributed by atoms with Crippen molar-refractivity contribution in [1.82, 2.24) is 5.32 Å². The van der Waals surface area contributed by atoms with Crippen LogP contribution < -0.4 is 5.32 Å². The highest BCUT2D eigenvalue weighted by Gasteiger charge is 2.40. The number of allylic oxidation sites excluding steroid dienone is 1. The monoisotopic (exact) mass is 265 g/mol. The van der Waals surface area contributed by atoms with Crippen LogP contribution in [0.2, 0.25) is 0 Å². The van der Waals surface area contributed by atoms with Crippen LogP contribution >= 0.6 is 0 Å². The van der Waals surface area contributed by atoms with Gasteiger partial charge in [0.1, 0.15) is 0 Å². The lowest BCUT2D eigenvalue weighted by Crippen LogP contribution is -2.52. The molecule has 2 rings (SSSR count). The van der Waals surface area contributed by atoms with Gasteiger partial charge in [-0.1, -0.05) is 37.3 Å². The Hall–Kier alpha value is -0.340. The average Bonchev–Trinajstić information content (AvgIpc) is 2.68. The molecule has 1 saturated carbocycles. The van der Waals surface area contributed by atoms with Crippen molar-refractivity contribution >= 4 is 0 Å². The third kappa shape index (κ3) is 3.61. The van der Waals surface area contributed by atoms with Crippen molar-refractivity contribution in [2.75, 3.05) is 13.7 Å². The Balaban J connectivity index is 2.20. The molecule has 0 spiro atoms. The van der Waals surface area contributed by atoms with Crippen LogP contribution in [-0.4, -0.2) is 25.3 Å². The van der Waals surface area contributed by atoms with Crippen LogP contribution in [0.1, 0.15) is 71.1 Å². The summed E-state index contributed by atoms with van der Waals surface area (Å²) in [6.07, 6.45) is 15.6. The van der Waals surface area contributed by atoms with Crippen LogP contribution in [0.5, 0.6) is 0 Å². The molecule has 0 radical (unpaired) electrons. The fourth-order valence-electron chi connectivity index (χ4n) is 4.04. The van der Waals surface area contributed by atoms with Gasteiger partial charge in [0.2, 0.25) is 0 Å². The number of nitrogens with one attached hydrogen (secondary N) is 1. The molecular weight excluding hydrogens is 234 g/mol. The summed E-state index contributed by atoms with van der Waals surface area (Å²) >= 11 is 0. The van der Waals surface area contributed by atoms with Crippen molar-refractivity contribution in [3.8, 4) is 0 Å². The van der Waals surface area contributed by atoms with Crippen molar-refractivity contribution < 1.29 is 4.74 Å². The molecule has 0 aliphatic heterocycles. The minimum atomic E-state index is 0.0587. The van der Waals surface area contributed by atoms with Crippen LogP contribution in [0.4, 0.5) is 0 Å². The van der Waals surface area contributed by atoms with Gasteiger partial charge in [0.15, 0.2) is 0 Å². The number of likely N-dealkylation sites (N-methyl/N-ethyl adjacent to an activating group) is 1. The Kier molecular flexibility index (Phi) is 5.90. The Morgan fingerprint density at radius 2 is 1.89 bits per heavy atom. The van der Waals surface area contributed by atoms with E-state index in [9.17, 15) is 0 Å². The molecular formula is C17H31NO. The van der Waals surface area contributed by atoms with Gasteiger partial charge in [0.05, 0.1) is 11.6 Å². The molecule has 110 valence electrons. The van der Waals surface area contributed by atoms with E-state index in [4.69, 9.17) is 4.74 Å². The normalized spacial score (nSPS) is 25.5. The minimum absolute atomic E-state index is 0.0587. The van der Waals surface area contributed by atoms with Crippen LogP contribution in [0.15, 0.2) is 11.6 Å². The first-order valence-corrected chi connectivity index (χ1v) is 8.32. The summed E-state index contributed by atoms with van der Waals surface area (Å²) in [6.45, 7) is 2.99. The summed E-state index contributed by atoms with van der Waals surface area (Å²) in [4.78, 5) is 0. The summed E-state index contributed by atoms with van der Waals surface area (Å²) < 4.78 is 6.35. The predicted octanol–water partition coefficient (Wildman–Crippen LogP) is 4.20. The van der Waals surface area contributed by atoms with Crippen LogP contribution in [0, 0.1) is 0 Å². The van der Waals surface area contributed by atoms with Crippen LogP contribution in [0.3, 0.4) is 0 Å². The first-order valence-electron chi connectivity index (χ1n) is 8.32. The van der Waals surface area contributed by atoms with Gasteiger partial charge in [-0.3, -0.25) is 0 Å². The van der Waals surface area contributed by atoms with Gasteiger partial charge >= 0.3 is 0 Å². The van der Waals surface area contributed by atoms with E-state index in [0.29, 0.717) is 6.04 Å². The summed E-state index contributed by atoms with van der Waals surface area (Å²) in [7, 11) is 2.12. The molecule has 0 saturated heterocycles. The van der Waals surface area contributed by atoms with Crippen molar-refractivity contribution in [2.24, 2.45) is 0 Å². The lowest BCUT2D eigenvalue weighted by Gasteiger charge is -2.42. The molecule has 0 amide bonds. The van der Waals surface area contributed by atoms with Gasteiger partial charge in [-0.05, 0) is 52.5 Å². The molecule has 2 heteroatoms.